The van der Waals surface area contributed by atoms with Gasteiger partial charge in [0.05, 0.1) is 0 Å². The molecule has 0 radical (unpaired) electrons. The number of aryl methyl sites for hydroxylation is 1. The van der Waals surface area contributed by atoms with Crippen LogP contribution in [0.25, 0.3) is 11.6 Å². The lowest BCUT2D eigenvalue weighted by Crippen LogP contribution is -1.81. The molecule has 0 amide bonds. The van der Waals surface area contributed by atoms with E-state index < -0.39 is 0 Å². The number of nitrogens with one attached hydrogen (secondary N) is 1. The van der Waals surface area contributed by atoms with Crippen LogP contribution in [0, 0.1) is 6.92 Å². The number of H-pyrrole nitrogens is 1. The summed E-state index contributed by atoms with van der Waals surface area (Å²) in [6.07, 6.45) is 1.83. The van der Waals surface area contributed by atoms with Gasteiger partial charge in [0.25, 0.3) is 11.1 Å². The highest BCUT2D eigenvalue weighted by molar-refractivity contribution is 7.98. The second kappa shape index (κ2) is 5.32. The zero-order valence-corrected chi connectivity index (χ0v) is 11.3. The molecule has 5 heteroatoms. The van der Waals surface area contributed by atoms with Crippen molar-refractivity contribution in [3.63, 3.8) is 0 Å². The van der Waals surface area contributed by atoms with Crippen LogP contribution in [0.5, 0.6) is 0 Å². The van der Waals surface area contributed by atoms with Crippen molar-refractivity contribution >= 4 is 11.8 Å². The van der Waals surface area contributed by atoms with Gasteiger partial charge in [-0.1, -0.05) is 41.6 Å². The van der Waals surface area contributed by atoms with Gasteiger partial charge in [-0.3, -0.25) is 0 Å². The number of hydrogen-bond acceptors (Lipinski definition) is 4. The standard InChI is InChI=1S/C14H13N3OS/c1-10-4-2-5-11(8-10)9-19-14-17-16-13(18-14)12-6-3-7-15-12/h2-8,15H,9H2,1H3. The third kappa shape index (κ3) is 2.88. The maximum absolute atomic E-state index is 5.59. The summed E-state index contributed by atoms with van der Waals surface area (Å²) >= 11 is 1.55. The molecular weight excluding hydrogens is 258 g/mol. The minimum atomic E-state index is 0.525. The maximum Gasteiger partial charge on any atom is 0.277 e. The van der Waals surface area contributed by atoms with Gasteiger partial charge < -0.3 is 9.40 Å². The fraction of sp³-hybridized carbons (Fsp3) is 0.143. The Morgan fingerprint density at radius 3 is 2.95 bits per heavy atom. The van der Waals surface area contributed by atoms with Crippen LogP contribution in [0.3, 0.4) is 0 Å². The van der Waals surface area contributed by atoms with E-state index in [0.717, 1.165) is 11.4 Å². The van der Waals surface area contributed by atoms with Crippen molar-refractivity contribution in [2.45, 2.75) is 17.9 Å². The van der Waals surface area contributed by atoms with E-state index in [2.05, 4.69) is 46.4 Å². The lowest BCUT2D eigenvalue weighted by Gasteiger charge is -1.99. The highest BCUT2D eigenvalue weighted by atomic mass is 32.2. The minimum Gasteiger partial charge on any atom is -0.410 e. The fourth-order valence-electron chi connectivity index (χ4n) is 1.79. The molecule has 0 aliphatic carbocycles. The summed E-state index contributed by atoms with van der Waals surface area (Å²) < 4.78 is 5.59. The number of hydrogen-bond donors (Lipinski definition) is 1. The molecule has 0 saturated carbocycles. The van der Waals surface area contributed by atoms with E-state index in [0.29, 0.717) is 11.1 Å². The number of thioether (sulfide) groups is 1. The second-order valence-corrected chi connectivity index (χ2v) is 5.16. The number of aromatic nitrogens is 3. The molecule has 0 atom stereocenters. The number of benzene rings is 1. The van der Waals surface area contributed by atoms with E-state index in [-0.39, 0.29) is 0 Å². The first kappa shape index (κ1) is 12.0. The summed E-state index contributed by atoms with van der Waals surface area (Å²) in [5.74, 6) is 1.35. The second-order valence-electron chi connectivity index (χ2n) is 4.23. The van der Waals surface area contributed by atoms with Crippen LogP contribution < -0.4 is 0 Å². The molecule has 0 fully saturated rings. The Hall–Kier alpha value is -2.01. The SMILES string of the molecule is Cc1cccc(CSc2nnc(-c3ccc[nH]3)o2)c1. The highest BCUT2D eigenvalue weighted by Gasteiger charge is 2.09. The highest BCUT2D eigenvalue weighted by Crippen LogP contribution is 2.25. The Bertz CT molecular complexity index is 661. The lowest BCUT2D eigenvalue weighted by atomic mass is 10.2. The molecule has 0 aliphatic rings. The number of nitrogens with zero attached hydrogens (tertiary/aromatic N) is 2. The molecule has 3 aromatic rings. The van der Waals surface area contributed by atoms with Crippen LogP contribution in [0.15, 0.2) is 52.2 Å². The summed E-state index contributed by atoms with van der Waals surface area (Å²) in [6, 6.07) is 12.2. The van der Waals surface area contributed by atoms with E-state index in [1.807, 2.05) is 18.3 Å². The van der Waals surface area contributed by atoms with Crippen molar-refractivity contribution in [3.8, 4) is 11.6 Å². The molecule has 0 bridgehead atoms. The Labute approximate surface area is 115 Å². The van der Waals surface area contributed by atoms with Gasteiger partial charge in [0.2, 0.25) is 0 Å². The number of rotatable bonds is 4. The predicted molar refractivity (Wildman–Crippen MR) is 74.8 cm³/mol. The lowest BCUT2D eigenvalue weighted by molar-refractivity contribution is 0.464. The summed E-state index contributed by atoms with van der Waals surface area (Å²) in [5, 5.41) is 8.64. The van der Waals surface area contributed by atoms with Crippen molar-refractivity contribution in [1.29, 1.82) is 0 Å². The predicted octanol–water partition coefficient (Wildman–Crippen LogP) is 3.67. The van der Waals surface area contributed by atoms with Gasteiger partial charge in [-0.2, -0.15) is 0 Å². The van der Waals surface area contributed by atoms with Crippen molar-refractivity contribution in [3.05, 3.63) is 53.7 Å². The van der Waals surface area contributed by atoms with Crippen molar-refractivity contribution in [1.82, 2.24) is 15.2 Å². The van der Waals surface area contributed by atoms with Crippen molar-refractivity contribution < 1.29 is 4.42 Å². The van der Waals surface area contributed by atoms with Crippen LogP contribution in [-0.2, 0) is 5.75 Å². The molecule has 0 saturated heterocycles. The molecule has 2 aromatic heterocycles. The molecule has 0 aliphatic heterocycles. The molecule has 1 N–H and O–H groups in total. The van der Waals surface area contributed by atoms with E-state index in [9.17, 15) is 0 Å². The van der Waals surface area contributed by atoms with Crippen LogP contribution >= 0.6 is 11.8 Å². The van der Waals surface area contributed by atoms with Gasteiger partial charge in [0.15, 0.2) is 0 Å². The minimum absolute atomic E-state index is 0.525. The molecule has 96 valence electrons. The zero-order chi connectivity index (χ0) is 13.1. The smallest absolute Gasteiger partial charge is 0.277 e. The van der Waals surface area contributed by atoms with Crippen LogP contribution in [-0.4, -0.2) is 15.2 Å². The Morgan fingerprint density at radius 2 is 2.16 bits per heavy atom. The molecule has 0 unspecified atom stereocenters. The average Bonchev–Trinajstić information content (AvgIpc) is 3.07. The first-order valence-electron chi connectivity index (χ1n) is 5.97. The molecular formula is C14H13N3OS. The van der Waals surface area contributed by atoms with Gasteiger partial charge >= 0.3 is 0 Å². The Morgan fingerprint density at radius 1 is 1.21 bits per heavy atom. The van der Waals surface area contributed by atoms with Crippen LogP contribution in [0.4, 0.5) is 0 Å². The first-order valence-corrected chi connectivity index (χ1v) is 6.95. The topological polar surface area (TPSA) is 54.7 Å². The number of aromatic amines is 1. The van der Waals surface area contributed by atoms with E-state index >= 15 is 0 Å². The monoisotopic (exact) mass is 271 g/mol. The van der Waals surface area contributed by atoms with Crippen LogP contribution in [0.2, 0.25) is 0 Å². The first-order chi connectivity index (χ1) is 9.31. The van der Waals surface area contributed by atoms with Gasteiger partial charge in [-0.15, -0.1) is 10.2 Å². The van der Waals surface area contributed by atoms with E-state index in [4.69, 9.17) is 4.42 Å². The molecule has 19 heavy (non-hydrogen) atoms. The van der Waals surface area contributed by atoms with E-state index in [1.165, 1.54) is 11.1 Å². The molecule has 3 rings (SSSR count). The summed E-state index contributed by atoms with van der Waals surface area (Å²) in [6.45, 7) is 2.09. The summed E-state index contributed by atoms with van der Waals surface area (Å²) in [5.41, 5.74) is 3.36. The third-order valence-corrected chi connectivity index (χ3v) is 3.57. The van der Waals surface area contributed by atoms with Gasteiger partial charge in [-0.05, 0) is 24.6 Å². The van der Waals surface area contributed by atoms with Gasteiger partial charge in [-0.25, -0.2) is 0 Å². The molecule has 1 aromatic carbocycles. The van der Waals surface area contributed by atoms with Crippen LogP contribution in [0.1, 0.15) is 11.1 Å². The van der Waals surface area contributed by atoms with Gasteiger partial charge in [0, 0.05) is 11.9 Å². The quantitative estimate of drug-likeness (QED) is 0.736. The maximum atomic E-state index is 5.59. The zero-order valence-electron chi connectivity index (χ0n) is 10.5. The van der Waals surface area contributed by atoms with E-state index in [1.54, 1.807) is 11.8 Å². The molecule has 2 heterocycles. The molecule has 0 spiro atoms. The molecule has 4 nitrogen and oxygen atoms in total. The summed E-state index contributed by atoms with van der Waals surface area (Å²) in [7, 11) is 0. The largest absolute Gasteiger partial charge is 0.410 e. The van der Waals surface area contributed by atoms with Crippen molar-refractivity contribution in [2.75, 3.05) is 0 Å². The van der Waals surface area contributed by atoms with Gasteiger partial charge in [0.1, 0.15) is 5.69 Å². The third-order valence-electron chi connectivity index (χ3n) is 2.68. The Kier molecular flexibility index (Phi) is 3.37. The summed E-state index contributed by atoms with van der Waals surface area (Å²) in [4.78, 5) is 3.04. The van der Waals surface area contributed by atoms with Crippen molar-refractivity contribution in [2.24, 2.45) is 0 Å². The Balaban J connectivity index is 1.68. The fourth-order valence-corrected chi connectivity index (χ4v) is 2.49. The average molecular weight is 271 g/mol. The normalized spacial score (nSPS) is 10.8.